The number of halogens is 2. The van der Waals surface area contributed by atoms with E-state index >= 15 is 0 Å². The summed E-state index contributed by atoms with van der Waals surface area (Å²) in [5.74, 6) is 0.492. The molecule has 0 aliphatic heterocycles. The van der Waals surface area contributed by atoms with Crippen molar-refractivity contribution in [2.24, 2.45) is 23.2 Å². The third-order valence-corrected chi connectivity index (χ3v) is 11.1. The summed E-state index contributed by atoms with van der Waals surface area (Å²) < 4.78 is 52.5. The maximum absolute atomic E-state index is 14.7. The fourth-order valence-electron chi connectivity index (χ4n) is 6.43. The topological polar surface area (TPSA) is 54.4 Å². The molecule has 0 heterocycles. The molecule has 3 nitrogen and oxygen atoms in total. The molecule has 3 saturated carbocycles. The van der Waals surface area contributed by atoms with Gasteiger partial charge in [0.2, 0.25) is 9.84 Å². The Morgan fingerprint density at radius 3 is 2.47 bits per heavy atom. The van der Waals surface area contributed by atoms with E-state index < -0.39 is 19.8 Å². The van der Waals surface area contributed by atoms with Gasteiger partial charge in [0.05, 0.1) is 10.9 Å². The second kappa shape index (κ2) is 9.65. The van der Waals surface area contributed by atoms with Crippen LogP contribution >= 0.6 is 0 Å². The number of allylic oxidation sites excluding steroid dienone is 5. The van der Waals surface area contributed by atoms with Crippen LogP contribution in [0.4, 0.5) is 8.78 Å². The quantitative estimate of drug-likeness (QED) is 0.411. The molecule has 0 spiro atoms. The van der Waals surface area contributed by atoms with Gasteiger partial charge in [-0.05, 0) is 107 Å². The van der Waals surface area contributed by atoms with Crippen molar-refractivity contribution >= 4 is 9.84 Å². The molecule has 6 heteroatoms. The van der Waals surface area contributed by atoms with Crippen molar-refractivity contribution in [3.63, 3.8) is 0 Å². The van der Waals surface area contributed by atoms with Gasteiger partial charge in [0.25, 0.3) is 0 Å². The molecule has 3 aliphatic carbocycles. The van der Waals surface area contributed by atoms with E-state index in [1.807, 2.05) is 6.92 Å². The average molecular weight is 497 g/mol. The summed E-state index contributed by atoms with van der Waals surface area (Å²) in [6.07, 6.45) is 13.5. The van der Waals surface area contributed by atoms with Crippen LogP contribution in [0, 0.1) is 23.2 Å². The van der Waals surface area contributed by atoms with Gasteiger partial charge >= 0.3 is 5.25 Å². The molecule has 192 valence electrons. The lowest BCUT2D eigenvalue weighted by atomic mass is 9.61. The molecule has 3 fully saturated rings. The van der Waals surface area contributed by atoms with Gasteiger partial charge in [-0.15, -0.1) is 0 Å². The van der Waals surface area contributed by atoms with Gasteiger partial charge in [-0.25, -0.2) is 8.42 Å². The number of fused-ring (bicyclic) bond motifs is 1. The molecule has 0 aromatic carbocycles. The molecule has 5 atom stereocenters. The number of rotatable bonds is 5. The monoisotopic (exact) mass is 496 g/mol. The van der Waals surface area contributed by atoms with Crippen molar-refractivity contribution < 1.29 is 22.3 Å². The summed E-state index contributed by atoms with van der Waals surface area (Å²) in [4.78, 5) is 0. The van der Waals surface area contributed by atoms with Crippen molar-refractivity contribution in [2.45, 2.75) is 102 Å². The zero-order valence-corrected chi connectivity index (χ0v) is 22.2. The molecular formula is C28H42F2O3S. The Balaban J connectivity index is 1.79. The smallest absolute Gasteiger partial charge is 0.364 e. The van der Waals surface area contributed by atoms with E-state index in [1.165, 1.54) is 32.4 Å². The summed E-state index contributed by atoms with van der Waals surface area (Å²) in [5.41, 5.74) is 3.66. The first-order valence-corrected chi connectivity index (χ1v) is 14.2. The Bertz CT molecular complexity index is 984. The van der Waals surface area contributed by atoms with Crippen molar-refractivity contribution in [3.05, 3.63) is 47.6 Å². The first-order valence-electron chi connectivity index (χ1n) is 12.7. The van der Waals surface area contributed by atoms with Crippen LogP contribution in [-0.2, 0) is 9.84 Å². The lowest BCUT2D eigenvalue weighted by Gasteiger charge is -2.44. The van der Waals surface area contributed by atoms with Gasteiger partial charge in [-0.2, -0.15) is 8.78 Å². The molecule has 0 aromatic rings. The van der Waals surface area contributed by atoms with Crippen LogP contribution in [0.3, 0.4) is 0 Å². The molecule has 0 amide bonds. The van der Waals surface area contributed by atoms with Crippen LogP contribution in [0.1, 0.15) is 86.0 Å². The van der Waals surface area contributed by atoms with Gasteiger partial charge < -0.3 is 5.11 Å². The fraction of sp³-hybridized carbons (Fsp3) is 0.714. The first kappa shape index (κ1) is 27.3. The van der Waals surface area contributed by atoms with E-state index in [0.29, 0.717) is 18.4 Å². The normalized spacial score (nSPS) is 34.7. The van der Waals surface area contributed by atoms with E-state index in [2.05, 4.69) is 25.7 Å². The maximum atomic E-state index is 14.7. The van der Waals surface area contributed by atoms with Crippen LogP contribution in [0.2, 0.25) is 0 Å². The molecular weight excluding hydrogens is 454 g/mol. The minimum absolute atomic E-state index is 0.00756. The number of sulfone groups is 1. The van der Waals surface area contributed by atoms with Gasteiger partial charge in [0.1, 0.15) is 0 Å². The van der Waals surface area contributed by atoms with Gasteiger partial charge in [-0.1, -0.05) is 49.8 Å². The zero-order valence-electron chi connectivity index (χ0n) is 21.4. The molecule has 3 rings (SSSR count). The summed E-state index contributed by atoms with van der Waals surface area (Å²) in [6.45, 7) is 12.3. The van der Waals surface area contributed by atoms with E-state index in [4.69, 9.17) is 0 Å². The summed E-state index contributed by atoms with van der Waals surface area (Å²) in [7, 11) is -4.63. The molecule has 0 saturated heterocycles. The van der Waals surface area contributed by atoms with Crippen LogP contribution < -0.4 is 0 Å². The minimum Gasteiger partial charge on any atom is -0.393 e. The van der Waals surface area contributed by atoms with E-state index in [0.717, 1.165) is 56.1 Å². The molecule has 0 bridgehead atoms. The molecule has 0 aromatic heterocycles. The Hall–Kier alpha value is -1.27. The van der Waals surface area contributed by atoms with Gasteiger partial charge in [0, 0.05) is 0 Å². The van der Waals surface area contributed by atoms with E-state index in [-0.39, 0.29) is 23.4 Å². The van der Waals surface area contributed by atoms with E-state index in [9.17, 15) is 22.3 Å². The third kappa shape index (κ3) is 5.13. The lowest BCUT2D eigenvalue weighted by molar-refractivity contribution is 0.109. The minimum atomic E-state index is -4.63. The van der Waals surface area contributed by atoms with Crippen molar-refractivity contribution in [1.29, 1.82) is 0 Å². The molecule has 1 N–H and O–H groups in total. The Morgan fingerprint density at radius 1 is 1.15 bits per heavy atom. The molecule has 1 unspecified atom stereocenters. The number of hydrogen-bond acceptors (Lipinski definition) is 3. The second-order valence-corrected chi connectivity index (χ2v) is 14.7. The standard InChI is InChI=1S/C28H42F2O3S/c1-19-9-12-23(31)18-22(19)11-10-21-8-7-16-27(6)24(13-14-25(21)27)20(2)15-17-28(29,30)34(32,33)26(3,4)5/h10-11,15,17,20,23-25,31H,1,7-9,12-14,16,18H2,2-6H3/b17-15+,21-10+,22-11-/t20-,23+,24?,25+,27-/m1/s1. The van der Waals surface area contributed by atoms with Gasteiger partial charge in [0.15, 0.2) is 0 Å². The largest absolute Gasteiger partial charge is 0.393 e. The first-order chi connectivity index (χ1) is 15.6. The van der Waals surface area contributed by atoms with Crippen molar-refractivity contribution in [3.8, 4) is 0 Å². The van der Waals surface area contributed by atoms with Crippen LogP contribution in [-0.4, -0.2) is 29.6 Å². The molecule has 0 radical (unpaired) electrons. The van der Waals surface area contributed by atoms with E-state index in [1.54, 1.807) is 0 Å². The highest BCUT2D eigenvalue weighted by Gasteiger charge is 2.52. The average Bonchev–Trinajstić information content (AvgIpc) is 3.09. The summed E-state index contributed by atoms with van der Waals surface area (Å²) in [6, 6.07) is 0. The molecule has 3 aliphatic rings. The number of aliphatic hydroxyl groups excluding tert-OH is 1. The highest BCUT2D eigenvalue weighted by atomic mass is 32.2. The zero-order chi connectivity index (χ0) is 25.5. The van der Waals surface area contributed by atoms with Crippen molar-refractivity contribution in [2.75, 3.05) is 0 Å². The van der Waals surface area contributed by atoms with Crippen LogP contribution in [0.5, 0.6) is 0 Å². The third-order valence-electron chi connectivity index (χ3n) is 8.62. The lowest BCUT2D eigenvalue weighted by Crippen LogP contribution is -2.41. The predicted octanol–water partition coefficient (Wildman–Crippen LogP) is 7.16. The summed E-state index contributed by atoms with van der Waals surface area (Å²) >= 11 is 0. The van der Waals surface area contributed by atoms with Crippen LogP contribution in [0.15, 0.2) is 47.6 Å². The van der Waals surface area contributed by atoms with Gasteiger partial charge in [-0.3, -0.25) is 0 Å². The Morgan fingerprint density at radius 2 is 1.82 bits per heavy atom. The summed E-state index contributed by atoms with van der Waals surface area (Å²) in [5, 5.41) is 6.14. The maximum Gasteiger partial charge on any atom is 0.364 e. The highest BCUT2D eigenvalue weighted by molar-refractivity contribution is 7.93. The Labute approximate surface area is 205 Å². The van der Waals surface area contributed by atoms with Crippen molar-refractivity contribution in [1.82, 2.24) is 0 Å². The number of hydrogen-bond donors (Lipinski definition) is 1. The Kier molecular flexibility index (Phi) is 7.75. The fourth-order valence-corrected chi connectivity index (χ4v) is 7.51. The predicted molar refractivity (Wildman–Crippen MR) is 135 cm³/mol. The second-order valence-electron chi connectivity index (χ2n) is 11.9. The number of aliphatic hydroxyl groups is 1. The molecule has 34 heavy (non-hydrogen) atoms. The van der Waals surface area contributed by atoms with Crippen LogP contribution in [0.25, 0.3) is 0 Å². The number of alkyl halides is 2. The SMILES string of the molecule is C=C1CC[C@H](O)C/C1=C/C=C1\CCC[C@]2(C)C([C@H](C)/C=C/C(F)(F)S(=O)(=O)C(C)(C)C)CC[C@@H]12. The highest BCUT2D eigenvalue weighted by Crippen LogP contribution is 2.59.